The number of ether oxygens (including phenoxy) is 1. The predicted molar refractivity (Wildman–Crippen MR) is 64.1 cm³/mol. The second-order valence-electron chi connectivity index (χ2n) is 3.68. The van der Waals surface area contributed by atoms with Crippen molar-refractivity contribution in [2.75, 3.05) is 31.2 Å². The molecule has 86 valence electrons. The van der Waals surface area contributed by atoms with Crippen LogP contribution in [0.4, 0.5) is 0 Å². The van der Waals surface area contributed by atoms with Gasteiger partial charge in [0.1, 0.15) is 0 Å². The molecule has 1 unspecified atom stereocenters. The van der Waals surface area contributed by atoms with Gasteiger partial charge >= 0.3 is 5.97 Å². The standard InChI is InChI=1S/C11H19NO2S/c1-3-14-11(13)9(2)6-12-7-10-4-5-15-8-10/h10,12H,2-8H2,1H3. The van der Waals surface area contributed by atoms with Gasteiger partial charge in [-0.2, -0.15) is 11.8 Å². The Balaban J connectivity index is 2.08. The third-order valence-electron chi connectivity index (χ3n) is 2.36. The topological polar surface area (TPSA) is 38.3 Å². The highest BCUT2D eigenvalue weighted by Crippen LogP contribution is 2.22. The number of carbonyl (C=O) groups is 1. The number of hydrogen-bond donors (Lipinski definition) is 1. The summed E-state index contributed by atoms with van der Waals surface area (Å²) in [6.07, 6.45) is 1.28. The van der Waals surface area contributed by atoms with Crippen LogP contribution in [0.2, 0.25) is 0 Å². The molecule has 0 aromatic heterocycles. The summed E-state index contributed by atoms with van der Waals surface area (Å²) in [6, 6.07) is 0. The molecular weight excluding hydrogens is 210 g/mol. The fourth-order valence-electron chi connectivity index (χ4n) is 1.48. The Labute approximate surface area is 95.6 Å². The molecule has 0 amide bonds. The predicted octanol–water partition coefficient (Wildman–Crippen LogP) is 1.45. The average Bonchev–Trinajstić information content (AvgIpc) is 2.71. The van der Waals surface area contributed by atoms with E-state index in [9.17, 15) is 4.79 Å². The maximum atomic E-state index is 11.2. The molecule has 15 heavy (non-hydrogen) atoms. The highest BCUT2D eigenvalue weighted by atomic mass is 32.2. The summed E-state index contributed by atoms with van der Waals surface area (Å²) in [6.45, 7) is 7.43. The van der Waals surface area contributed by atoms with E-state index in [-0.39, 0.29) is 5.97 Å². The molecule has 0 saturated carbocycles. The molecule has 0 radical (unpaired) electrons. The fourth-order valence-corrected chi connectivity index (χ4v) is 2.76. The van der Waals surface area contributed by atoms with E-state index in [1.54, 1.807) is 6.92 Å². The lowest BCUT2D eigenvalue weighted by Crippen LogP contribution is -2.27. The molecule has 1 aliphatic rings. The SMILES string of the molecule is C=C(CNCC1CCSC1)C(=O)OCC. The van der Waals surface area contributed by atoms with Crippen LogP contribution < -0.4 is 5.32 Å². The van der Waals surface area contributed by atoms with Gasteiger partial charge in [-0.25, -0.2) is 4.79 Å². The molecule has 0 aliphatic carbocycles. The van der Waals surface area contributed by atoms with Crippen molar-refractivity contribution in [3.05, 3.63) is 12.2 Å². The van der Waals surface area contributed by atoms with Gasteiger partial charge in [0.15, 0.2) is 0 Å². The van der Waals surface area contributed by atoms with Crippen LogP contribution in [0.15, 0.2) is 12.2 Å². The summed E-state index contributed by atoms with van der Waals surface area (Å²) in [4.78, 5) is 11.2. The van der Waals surface area contributed by atoms with Crippen molar-refractivity contribution in [1.29, 1.82) is 0 Å². The van der Waals surface area contributed by atoms with Crippen LogP contribution in [0.25, 0.3) is 0 Å². The zero-order valence-electron chi connectivity index (χ0n) is 9.25. The van der Waals surface area contributed by atoms with E-state index in [0.717, 1.165) is 12.5 Å². The summed E-state index contributed by atoms with van der Waals surface area (Å²) >= 11 is 2.00. The van der Waals surface area contributed by atoms with E-state index in [0.29, 0.717) is 18.7 Å². The van der Waals surface area contributed by atoms with E-state index in [1.807, 2.05) is 11.8 Å². The summed E-state index contributed by atoms with van der Waals surface area (Å²) in [5, 5.41) is 3.25. The Morgan fingerprint density at radius 3 is 3.07 bits per heavy atom. The summed E-state index contributed by atoms with van der Waals surface area (Å²) in [5.41, 5.74) is 0.516. The number of carbonyl (C=O) groups excluding carboxylic acids is 1. The zero-order valence-corrected chi connectivity index (χ0v) is 10.1. The summed E-state index contributed by atoms with van der Waals surface area (Å²) < 4.78 is 4.84. The van der Waals surface area contributed by atoms with Gasteiger partial charge in [-0.05, 0) is 37.3 Å². The first-order valence-electron chi connectivity index (χ1n) is 5.37. The molecule has 0 spiro atoms. The number of rotatable bonds is 6. The lowest BCUT2D eigenvalue weighted by molar-refractivity contribution is -0.138. The molecule has 1 heterocycles. The van der Waals surface area contributed by atoms with Crippen molar-refractivity contribution < 1.29 is 9.53 Å². The molecular formula is C11H19NO2S. The van der Waals surface area contributed by atoms with Crippen molar-refractivity contribution in [2.24, 2.45) is 5.92 Å². The molecule has 4 heteroatoms. The van der Waals surface area contributed by atoms with Crippen LogP contribution >= 0.6 is 11.8 Å². The highest BCUT2D eigenvalue weighted by Gasteiger charge is 2.15. The first-order valence-corrected chi connectivity index (χ1v) is 6.53. The van der Waals surface area contributed by atoms with Crippen LogP contribution in [0.3, 0.4) is 0 Å². The quantitative estimate of drug-likeness (QED) is 0.552. The molecule has 1 fully saturated rings. The van der Waals surface area contributed by atoms with Crippen molar-refractivity contribution in [3.63, 3.8) is 0 Å². The molecule has 1 rings (SSSR count). The zero-order chi connectivity index (χ0) is 11.1. The van der Waals surface area contributed by atoms with E-state index in [2.05, 4.69) is 11.9 Å². The average molecular weight is 229 g/mol. The largest absolute Gasteiger partial charge is 0.463 e. The van der Waals surface area contributed by atoms with Crippen molar-refractivity contribution in [2.45, 2.75) is 13.3 Å². The summed E-state index contributed by atoms with van der Waals surface area (Å²) in [5.74, 6) is 2.97. The van der Waals surface area contributed by atoms with Crippen molar-refractivity contribution in [1.82, 2.24) is 5.32 Å². The van der Waals surface area contributed by atoms with Gasteiger partial charge in [0.2, 0.25) is 0 Å². The lowest BCUT2D eigenvalue weighted by atomic mass is 10.1. The first-order chi connectivity index (χ1) is 7.24. The number of hydrogen-bond acceptors (Lipinski definition) is 4. The fraction of sp³-hybridized carbons (Fsp3) is 0.727. The molecule has 1 N–H and O–H groups in total. The minimum Gasteiger partial charge on any atom is -0.463 e. The van der Waals surface area contributed by atoms with Gasteiger partial charge < -0.3 is 10.1 Å². The Morgan fingerprint density at radius 1 is 1.67 bits per heavy atom. The van der Waals surface area contributed by atoms with Gasteiger partial charge in [0, 0.05) is 12.1 Å². The van der Waals surface area contributed by atoms with Crippen molar-refractivity contribution >= 4 is 17.7 Å². The highest BCUT2D eigenvalue weighted by molar-refractivity contribution is 7.99. The maximum Gasteiger partial charge on any atom is 0.334 e. The first kappa shape index (κ1) is 12.6. The Bertz CT molecular complexity index is 225. The van der Waals surface area contributed by atoms with Gasteiger partial charge in [0.25, 0.3) is 0 Å². The minimum atomic E-state index is -0.286. The minimum absolute atomic E-state index is 0.286. The van der Waals surface area contributed by atoms with E-state index in [4.69, 9.17) is 4.74 Å². The maximum absolute atomic E-state index is 11.2. The van der Waals surface area contributed by atoms with E-state index < -0.39 is 0 Å². The molecule has 0 bridgehead atoms. The molecule has 0 aromatic rings. The van der Waals surface area contributed by atoms with E-state index >= 15 is 0 Å². The monoisotopic (exact) mass is 229 g/mol. The van der Waals surface area contributed by atoms with E-state index in [1.165, 1.54) is 17.9 Å². The summed E-state index contributed by atoms with van der Waals surface area (Å²) in [7, 11) is 0. The second kappa shape index (κ2) is 6.90. The van der Waals surface area contributed by atoms with Gasteiger partial charge in [0.05, 0.1) is 6.61 Å². The molecule has 1 aliphatic heterocycles. The van der Waals surface area contributed by atoms with Crippen LogP contribution in [-0.2, 0) is 9.53 Å². The van der Waals surface area contributed by atoms with Gasteiger partial charge in [-0.15, -0.1) is 0 Å². The normalized spacial score (nSPS) is 20.2. The third kappa shape index (κ3) is 4.71. The smallest absolute Gasteiger partial charge is 0.334 e. The number of nitrogens with one attached hydrogen (secondary N) is 1. The Morgan fingerprint density at radius 2 is 2.47 bits per heavy atom. The van der Waals surface area contributed by atoms with Crippen LogP contribution in [-0.4, -0.2) is 37.2 Å². The van der Waals surface area contributed by atoms with Gasteiger partial charge in [-0.3, -0.25) is 0 Å². The van der Waals surface area contributed by atoms with Crippen LogP contribution in [0.5, 0.6) is 0 Å². The second-order valence-corrected chi connectivity index (χ2v) is 4.83. The Kier molecular flexibility index (Phi) is 5.79. The molecule has 1 atom stereocenters. The van der Waals surface area contributed by atoms with Crippen LogP contribution in [0.1, 0.15) is 13.3 Å². The lowest BCUT2D eigenvalue weighted by Gasteiger charge is -2.10. The molecule has 0 aromatic carbocycles. The molecule has 3 nitrogen and oxygen atoms in total. The molecule has 1 saturated heterocycles. The number of thioether (sulfide) groups is 1. The number of esters is 1. The third-order valence-corrected chi connectivity index (χ3v) is 3.59. The van der Waals surface area contributed by atoms with Gasteiger partial charge in [-0.1, -0.05) is 6.58 Å². The Hall–Kier alpha value is -0.480. The van der Waals surface area contributed by atoms with Crippen LogP contribution in [0, 0.1) is 5.92 Å². The van der Waals surface area contributed by atoms with Crippen molar-refractivity contribution in [3.8, 4) is 0 Å².